The fourth-order valence-electron chi connectivity index (χ4n) is 1.78. The lowest BCUT2D eigenvalue weighted by Gasteiger charge is -2.06. The van der Waals surface area contributed by atoms with Crippen molar-refractivity contribution in [1.82, 2.24) is 14.6 Å². The maximum Gasteiger partial charge on any atom is 0.237 e. The number of hydrogen-bond donors (Lipinski definition) is 1. The van der Waals surface area contributed by atoms with Gasteiger partial charge in [0, 0.05) is 31.1 Å². The van der Waals surface area contributed by atoms with Gasteiger partial charge in [-0.3, -0.25) is 4.79 Å². The molecule has 0 aliphatic rings. The van der Waals surface area contributed by atoms with Gasteiger partial charge in [0.15, 0.2) is 5.65 Å². The highest BCUT2D eigenvalue weighted by molar-refractivity contribution is 5.88. The van der Waals surface area contributed by atoms with E-state index in [1.54, 1.807) is 47.2 Å². The summed E-state index contributed by atoms with van der Waals surface area (Å²) in [6, 6.07) is 10.7. The smallest absolute Gasteiger partial charge is 0.237 e. The summed E-state index contributed by atoms with van der Waals surface area (Å²) < 4.78 is 7.28. The van der Waals surface area contributed by atoms with Crippen molar-refractivity contribution >= 4 is 17.2 Å². The summed E-state index contributed by atoms with van der Waals surface area (Å²) >= 11 is 0. The Morgan fingerprint density at radius 3 is 2.75 bits per heavy atom. The quantitative estimate of drug-likeness (QED) is 0.792. The third kappa shape index (κ3) is 2.59. The van der Waals surface area contributed by atoms with Gasteiger partial charge in [0.05, 0.1) is 0 Å². The Kier molecular flexibility index (Phi) is 3.04. The average molecular weight is 268 g/mol. The Morgan fingerprint density at radius 2 is 2.00 bits per heavy atom. The minimum Gasteiger partial charge on any atom is -0.438 e. The number of benzene rings is 1. The van der Waals surface area contributed by atoms with Crippen LogP contribution in [0.1, 0.15) is 6.92 Å². The van der Waals surface area contributed by atoms with E-state index < -0.39 is 0 Å². The fraction of sp³-hybridized carbons (Fsp3) is 0.0714. The molecule has 0 fully saturated rings. The number of imidazole rings is 1. The molecule has 0 radical (unpaired) electrons. The molecule has 0 atom stereocenters. The number of hydrogen-bond acceptors (Lipinski definition) is 4. The lowest BCUT2D eigenvalue weighted by molar-refractivity contribution is -0.114. The van der Waals surface area contributed by atoms with Gasteiger partial charge < -0.3 is 10.1 Å². The van der Waals surface area contributed by atoms with E-state index in [2.05, 4.69) is 15.4 Å². The molecule has 2 heterocycles. The topological polar surface area (TPSA) is 68.5 Å². The molecule has 0 aliphatic heterocycles. The first-order valence-electron chi connectivity index (χ1n) is 6.06. The van der Waals surface area contributed by atoms with Crippen molar-refractivity contribution in [2.75, 3.05) is 5.32 Å². The van der Waals surface area contributed by atoms with Crippen LogP contribution < -0.4 is 10.1 Å². The third-order valence-electron chi connectivity index (χ3n) is 2.63. The first kappa shape index (κ1) is 12.2. The molecule has 6 heteroatoms. The molecule has 0 saturated carbocycles. The van der Waals surface area contributed by atoms with Crippen LogP contribution in [0.3, 0.4) is 0 Å². The fourth-order valence-corrected chi connectivity index (χ4v) is 1.78. The lowest BCUT2D eigenvalue weighted by atomic mass is 10.3. The molecule has 1 amide bonds. The maximum atomic E-state index is 10.9. The van der Waals surface area contributed by atoms with Gasteiger partial charge >= 0.3 is 0 Å². The number of carbonyl (C=O) groups excluding carboxylic acids is 1. The Labute approximate surface area is 115 Å². The summed E-state index contributed by atoms with van der Waals surface area (Å²) in [5.41, 5.74) is 1.49. The second kappa shape index (κ2) is 5.00. The van der Waals surface area contributed by atoms with Crippen molar-refractivity contribution in [2.45, 2.75) is 6.92 Å². The highest BCUT2D eigenvalue weighted by Crippen LogP contribution is 2.21. The Morgan fingerprint density at radius 1 is 1.20 bits per heavy atom. The molecule has 3 aromatic rings. The predicted molar refractivity (Wildman–Crippen MR) is 73.8 cm³/mol. The van der Waals surface area contributed by atoms with Gasteiger partial charge in [-0.1, -0.05) is 0 Å². The summed E-state index contributed by atoms with van der Waals surface area (Å²) in [4.78, 5) is 15.0. The van der Waals surface area contributed by atoms with E-state index in [0.29, 0.717) is 11.6 Å². The van der Waals surface area contributed by atoms with Crippen molar-refractivity contribution in [3.63, 3.8) is 0 Å². The number of fused-ring (bicyclic) bond motifs is 1. The Bertz CT molecular complexity index is 749. The van der Waals surface area contributed by atoms with E-state index in [1.165, 1.54) is 6.92 Å². The summed E-state index contributed by atoms with van der Waals surface area (Å²) in [5, 5.41) is 6.96. The normalized spacial score (nSPS) is 10.4. The molecule has 20 heavy (non-hydrogen) atoms. The van der Waals surface area contributed by atoms with Crippen molar-refractivity contribution in [3.8, 4) is 11.6 Å². The Balaban J connectivity index is 1.78. The molecule has 100 valence electrons. The molecule has 0 spiro atoms. The minimum atomic E-state index is -0.106. The number of aromatic nitrogens is 3. The molecular formula is C14H12N4O2. The van der Waals surface area contributed by atoms with E-state index >= 15 is 0 Å². The van der Waals surface area contributed by atoms with Crippen LogP contribution in [0, 0.1) is 0 Å². The van der Waals surface area contributed by atoms with Gasteiger partial charge in [0.1, 0.15) is 5.75 Å². The largest absolute Gasteiger partial charge is 0.438 e. The van der Waals surface area contributed by atoms with Gasteiger partial charge in [-0.2, -0.15) is 0 Å². The molecule has 1 N–H and O–H groups in total. The van der Waals surface area contributed by atoms with Crippen LogP contribution in [0.2, 0.25) is 0 Å². The first-order valence-corrected chi connectivity index (χ1v) is 6.06. The van der Waals surface area contributed by atoms with Gasteiger partial charge in [-0.25, -0.2) is 9.50 Å². The predicted octanol–water partition coefficient (Wildman–Crippen LogP) is 2.48. The van der Waals surface area contributed by atoms with Crippen LogP contribution >= 0.6 is 0 Å². The lowest BCUT2D eigenvalue weighted by Crippen LogP contribution is -2.05. The highest BCUT2D eigenvalue weighted by atomic mass is 16.5. The van der Waals surface area contributed by atoms with Crippen molar-refractivity contribution in [1.29, 1.82) is 0 Å². The average Bonchev–Trinajstić information content (AvgIpc) is 2.88. The molecule has 0 saturated heterocycles. The molecule has 0 bridgehead atoms. The minimum absolute atomic E-state index is 0.106. The van der Waals surface area contributed by atoms with Gasteiger partial charge in [0.25, 0.3) is 0 Å². The van der Waals surface area contributed by atoms with Gasteiger partial charge in [0.2, 0.25) is 11.8 Å². The first-order chi connectivity index (χ1) is 9.70. The van der Waals surface area contributed by atoms with E-state index in [4.69, 9.17) is 4.74 Å². The van der Waals surface area contributed by atoms with Crippen LogP contribution in [-0.2, 0) is 4.79 Å². The van der Waals surface area contributed by atoms with Crippen molar-refractivity contribution in [3.05, 3.63) is 48.8 Å². The van der Waals surface area contributed by atoms with Crippen LogP contribution in [0.15, 0.2) is 48.8 Å². The number of nitrogens with one attached hydrogen (secondary N) is 1. The Hall–Kier alpha value is -2.89. The van der Waals surface area contributed by atoms with Crippen molar-refractivity contribution < 1.29 is 9.53 Å². The second-order valence-corrected chi connectivity index (χ2v) is 4.21. The van der Waals surface area contributed by atoms with Gasteiger partial charge in [-0.15, -0.1) is 5.10 Å². The zero-order valence-electron chi connectivity index (χ0n) is 10.8. The molecule has 2 aromatic heterocycles. The molecule has 0 unspecified atom stereocenters. The number of anilines is 1. The van der Waals surface area contributed by atoms with Crippen LogP contribution in [0.25, 0.3) is 5.65 Å². The zero-order chi connectivity index (χ0) is 13.9. The SMILES string of the molecule is CC(=O)Nc1ccc(Oc2ccc3nccn3n2)cc1. The molecular weight excluding hydrogens is 256 g/mol. The number of ether oxygens (including phenoxy) is 1. The van der Waals surface area contributed by atoms with Gasteiger partial charge in [-0.05, 0) is 30.3 Å². The summed E-state index contributed by atoms with van der Waals surface area (Å²) in [5.74, 6) is 1.01. The van der Waals surface area contributed by atoms with E-state index in [0.717, 1.165) is 11.3 Å². The number of nitrogens with zero attached hydrogens (tertiary/aromatic N) is 3. The van der Waals surface area contributed by atoms with Crippen LogP contribution in [0.4, 0.5) is 5.69 Å². The highest BCUT2D eigenvalue weighted by Gasteiger charge is 2.02. The monoisotopic (exact) mass is 268 g/mol. The molecule has 0 aliphatic carbocycles. The zero-order valence-corrected chi connectivity index (χ0v) is 10.8. The van der Waals surface area contributed by atoms with E-state index in [1.807, 2.05) is 6.07 Å². The maximum absolute atomic E-state index is 10.9. The second-order valence-electron chi connectivity index (χ2n) is 4.21. The van der Waals surface area contributed by atoms with Crippen LogP contribution in [0.5, 0.6) is 11.6 Å². The summed E-state index contributed by atoms with van der Waals surface area (Å²) in [7, 11) is 0. The number of carbonyl (C=O) groups is 1. The molecule has 1 aromatic carbocycles. The number of amides is 1. The molecule has 6 nitrogen and oxygen atoms in total. The van der Waals surface area contributed by atoms with Crippen molar-refractivity contribution in [2.24, 2.45) is 0 Å². The van der Waals surface area contributed by atoms with Crippen LogP contribution in [-0.4, -0.2) is 20.5 Å². The molecule has 3 rings (SSSR count). The third-order valence-corrected chi connectivity index (χ3v) is 2.63. The summed E-state index contributed by atoms with van der Waals surface area (Å²) in [6.45, 7) is 1.47. The summed E-state index contributed by atoms with van der Waals surface area (Å²) in [6.07, 6.45) is 3.43. The standard InChI is InChI=1S/C14H12N4O2/c1-10(19)16-11-2-4-12(5-3-11)20-14-7-6-13-15-8-9-18(13)17-14/h2-9H,1H3,(H,16,19). The number of rotatable bonds is 3. The van der Waals surface area contributed by atoms with E-state index in [9.17, 15) is 4.79 Å². The van der Waals surface area contributed by atoms with E-state index in [-0.39, 0.29) is 5.91 Å².